The summed E-state index contributed by atoms with van der Waals surface area (Å²) in [6.07, 6.45) is 0. The van der Waals surface area contributed by atoms with Crippen LogP contribution >= 0.6 is 0 Å². The summed E-state index contributed by atoms with van der Waals surface area (Å²) in [6, 6.07) is 66.1. The molecular weight excluding hydrogens is 619 g/mol. The van der Waals surface area contributed by atoms with E-state index in [1.54, 1.807) is 0 Å². The van der Waals surface area contributed by atoms with Crippen LogP contribution in [0.2, 0.25) is 0 Å². The third kappa shape index (κ3) is 4.23. The second-order valence-electron chi connectivity index (χ2n) is 13.6. The van der Waals surface area contributed by atoms with Gasteiger partial charge >= 0.3 is 0 Å². The number of fused-ring (bicyclic) bond motifs is 10. The molecule has 0 spiro atoms. The molecule has 0 saturated heterocycles. The highest BCUT2D eigenvalue weighted by atomic mass is 16.3. The average molecular weight is 650 g/mol. The Morgan fingerprint density at radius 1 is 0.412 bits per heavy atom. The van der Waals surface area contributed by atoms with Crippen LogP contribution in [0.3, 0.4) is 0 Å². The molecule has 0 fully saturated rings. The average Bonchev–Trinajstić information content (AvgIpc) is 3.86. The Labute approximate surface area is 295 Å². The summed E-state index contributed by atoms with van der Waals surface area (Å²) < 4.78 is 9.06. The molecule has 2 aromatic heterocycles. The Balaban J connectivity index is 1.12. The first kappa shape index (κ1) is 28.2. The van der Waals surface area contributed by atoms with Crippen molar-refractivity contribution >= 4 is 43.7 Å². The van der Waals surface area contributed by atoms with E-state index in [2.05, 4.69) is 180 Å². The monoisotopic (exact) mass is 649 g/mol. The number of benzene rings is 8. The van der Waals surface area contributed by atoms with E-state index in [0.29, 0.717) is 0 Å². The second-order valence-corrected chi connectivity index (χ2v) is 13.6. The van der Waals surface area contributed by atoms with Crippen molar-refractivity contribution in [2.24, 2.45) is 0 Å². The zero-order chi connectivity index (χ0) is 33.5. The van der Waals surface area contributed by atoms with E-state index in [1.165, 1.54) is 60.8 Å². The normalized spacial score (nSPS) is 13.7. The standard InChI is InChI=1S/C49H31NO/c1-3-11-31(12-4-1)32-19-23-36(24-20-32)50-45-28-22-35(30-44(45)41-26-27-42-38-16-9-10-18-46(38)51-49(42)48(41)50)34-21-25-40-43(29-34)37-15-7-8-17-39(37)47(40)33-13-5-2-6-14-33/h1-30,47H. The Hall–Kier alpha value is -6.64. The van der Waals surface area contributed by atoms with Gasteiger partial charge in [-0.05, 0) is 92.5 Å². The number of hydrogen-bond acceptors (Lipinski definition) is 1. The van der Waals surface area contributed by atoms with Crippen LogP contribution in [-0.4, -0.2) is 4.57 Å². The van der Waals surface area contributed by atoms with Gasteiger partial charge < -0.3 is 8.98 Å². The predicted octanol–water partition coefficient (Wildman–Crippen LogP) is 13.2. The van der Waals surface area contributed by atoms with Crippen molar-refractivity contribution in [1.82, 2.24) is 4.57 Å². The van der Waals surface area contributed by atoms with Crippen LogP contribution in [0.1, 0.15) is 22.6 Å². The van der Waals surface area contributed by atoms with Crippen molar-refractivity contribution in [2.75, 3.05) is 0 Å². The first-order chi connectivity index (χ1) is 25.3. The molecule has 8 aromatic carbocycles. The summed E-state index contributed by atoms with van der Waals surface area (Å²) >= 11 is 0. The zero-order valence-corrected chi connectivity index (χ0v) is 27.8. The van der Waals surface area contributed by atoms with E-state index in [4.69, 9.17) is 4.42 Å². The topological polar surface area (TPSA) is 18.1 Å². The highest BCUT2D eigenvalue weighted by molar-refractivity contribution is 6.22. The quantitative estimate of drug-likeness (QED) is 0.186. The summed E-state index contributed by atoms with van der Waals surface area (Å²) in [5.41, 5.74) is 16.7. The molecule has 0 radical (unpaired) electrons. The second kappa shape index (κ2) is 10.9. The van der Waals surface area contributed by atoms with E-state index >= 15 is 0 Å². The minimum Gasteiger partial charge on any atom is -0.454 e. The molecule has 2 heteroatoms. The van der Waals surface area contributed by atoms with Crippen LogP contribution in [0, 0.1) is 0 Å². The lowest BCUT2D eigenvalue weighted by molar-refractivity contribution is 0.671. The van der Waals surface area contributed by atoms with Gasteiger partial charge in [-0.15, -0.1) is 0 Å². The SMILES string of the molecule is c1ccc(-c2ccc(-n3c4ccc(-c5ccc6c(c5)-c5ccccc5C6c5ccccc5)cc4c4ccc5c6ccccc6oc5c43)cc2)cc1. The minimum absolute atomic E-state index is 0.242. The largest absolute Gasteiger partial charge is 0.454 e. The van der Waals surface area contributed by atoms with Gasteiger partial charge in [0.2, 0.25) is 0 Å². The molecule has 1 aliphatic carbocycles. The van der Waals surface area contributed by atoms with Crippen LogP contribution in [0.15, 0.2) is 186 Å². The van der Waals surface area contributed by atoms with Crippen molar-refractivity contribution in [1.29, 1.82) is 0 Å². The molecule has 1 unspecified atom stereocenters. The number of furan rings is 1. The van der Waals surface area contributed by atoms with Gasteiger partial charge in [-0.3, -0.25) is 0 Å². The summed E-state index contributed by atoms with van der Waals surface area (Å²) in [5, 5.41) is 4.66. The van der Waals surface area contributed by atoms with Gasteiger partial charge in [-0.1, -0.05) is 140 Å². The van der Waals surface area contributed by atoms with Gasteiger partial charge in [0.15, 0.2) is 5.58 Å². The molecule has 11 rings (SSSR count). The summed E-state index contributed by atoms with van der Waals surface area (Å²) in [7, 11) is 0. The molecule has 238 valence electrons. The number of aromatic nitrogens is 1. The maximum atomic E-state index is 6.67. The van der Waals surface area contributed by atoms with E-state index in [9.17, 15) is 0 Å². The minimum atomic E-state index is 0.242. The number of hydrogen-bond donors (Lipinski definition) is 0. The summed E-state index contributed by atoms with van der Waals surface area (Å²) in [6.45, 7) is 0. The molecule has 10 aromatic rings. The van der Waals surface area contributed by atoms with E-state index in [0.717, 1.165) is 38.7 Å². The van der Waals surface area contributed by atoms with Gasteiger partial charge in [0.1, 0.15) is 5.58 Å². The molecule has 2 nitrogen and oxygen atoms in total. The lowest BCUT2D eigenvalue weighted by Crippen LogP contribution is -1.98. The predicted molar refractivity (Wildman–Crippen MR) is 212 cm³/mol. The molecule has 51 heavy (non-hydrogen) atoms. The number of nitrogens with zero attached hydrogens (tertiary/aromatic N) is 1. The molecule has 0 amide bonds. The van der Waals surface area contributed by atoms with Crippen LogP contribution in [0.25, 0.3) is 82.8 Å². The van der Waals surface area contributed by atoms with Gasteiger partial charge in [-0.2, -0.15) is 0 Å². The highest BCUT2D eigenvalue weighted by Crippen LogP contribution is 2.49. The van der Waals surface area contributed by atoms with Crippen molar-refractivity contribution < 1.29 is 4.42 Å². The van der Waals surface area contributed by atoms with Gasteiger partial charge in [0.25, 0.3) is 0 Å². The molecule has 0 aliphatic heterocycles. The lowest BCUT2D eigenvalue weighted by atomic mass is 9.89. The third-order valence-electron chi connectivity index (χ3n) is 10.9. The van der Waals surface area contributed by atoms with Crippen LogP contribution in [0.5, 0.6) is 0 Å². The fourth-order valence-electron chi connectivity index (χ4n) is 8.55. The van der Waals surface area contributed by atoms with Gasteiger partial charge in [-0.25, -0.2) is 0 Å². The van der Waals surface area contributed by atoms with Crippen molar-refractivity contribution in [3.8, 4) is 39.1 Å². The molecule has 2 heterocycles. The van der Waals surface area contributed by atoms with Crippen molar-refractivity contribution in [3.05, 3.63) is 199 Å². The maximum absolute atomic E-state index is 6.67. The Bertz CT molecular complexity index is 2950. The van der Waals surface area contributed by atoms with Crippen LogP contribution in [0.4, 0.5) is 0 Å². The maximum Gasteiger partial charge on any atom is 0.160 e. The molecule has 1 aliphatic rings. The molecule has 0 N–H and O–H groups in total. The molecule has 0 bridgehead atoms. The first-order valence-corrected chi connectivity index (χ1v) is 17.6. The fraction of sp³-hybridized carbons (Fsp3) is 0.0204. The van der Waals surface area contributed by atoms with Gasteiger partial charge in [0, 0.05) is 33.2 Å². The van der Waals surface area contributed by atoms with E-state index in [-0.39, 0.29) is 5.92 Å². The van der Waals surface area contributed by atoms with Crippen molar-refractivity contribution in [3.63, 3.8) is 0 Å². The number of rotatable bonds is 4. The smallest absolute Gasteiger partial charge is 0.160 e. The Morgan fingerprint density at radius 2 is 1.06 bits per heavy atom. The van der Waals surface area contributed by atoms with Crippen LogP contribution < -0.4 is 0 Å². The van der Waals surface area contributed by atoms with Crippen molar-refractivity contribution in [2.45, 2.75) is 5.92 Å². The molecule has 1 atom stereocenters. The van der Waals surface area contributed by atoms with Gasteiger partial charge in [0.05, 0.1) is 11.0 Å². The molecule has 0 saturated carbocycles. The molecular formula is C49H31NO. The van der Waals surface area contributed by atoms with E-state index in [1.807, 2.05) is 6.07 Å². The number of para-hydroxylation sites is 1. The summed E-state index contributed by atoms with van der Waals surface area (Å²) in [4.78, 5) is 0. The zero-order valence-electron chi connectivity index (χ0n) is 27.8. The summed E-state index contributed by atoms with van der Waals surface area (Å²) in [5.74, 6) is 0.242. The lowest BCUT2D eigenvalue weighted by Gasteiger charge is -2.14. The first-order valence-electron chi connectivity index (χ1n) is 17.6. The Morgan fingerprint density at radius 3 is 1.92 bits per heavy atom. The highest BCUT2D eigenvalue weighted by Gasteiger charge is 2.30. The fourth-order valence-corrected chi connectivity index (χ4v) is 8.55. The van der Waals surface area contributed by atoms with E-state index < -0.39 is 0 Å². The third-order valence-corrected chi connectivity index (χ3v) is 10.9. The van der Waals surface area contributed by atoms with Crippen LogP contribution in [-0.2, 0) is 0 Å². The Kier molecular flexibility index (Phi) is 6.05.